The van der Waals surface area contributed by atoms with E-state index in [9.17, 15) is 13.2 Å². The molecule has 2 fully saturated rings. The highest BCUT2D eigenvalue weighted by atomic mass is 32.2. The summed E-state index contributed by atoms with van der Waals surface area (Å²) in [5.41, 5.74) is 1.10. The lowest BCUT2D eigenvalue weighted by atomic mass is 10.0. The first-order chi connectivity index (χ1) is 10.9. The fourth-order valence-corrected chi connectivity index (χ4v) is 4.96. The number of amides is 2. The van der Waals surface area contributed by atoms with Crippen molar-refractivity contribution in [3.05, 3.63) is 35.9 Å². The third-order valence-electron chi connectivity index (χ3n) is 4.59. The highest BCUT2D eigenvalue weighted by molar-refractivity contribution is 7.91. The molecular weight excluding hydrogens is 314 g/mol. The second-order valence-electron chi connectivity index (χ2n) is 6.43. The second kappa shape index (κ2) is 6.49. The molecule has 0 bridgehead atoms. The first-order valence-corrected chi connectivity index (χ1v) is 9.78. The van der Waals surface area contributed by atoms with E-state index in [1.165, 1.54) is 0 Å². The molecule has 0 spiro atoms. The van der Waals surface area contributed by atoms with Gasteiger partial charge < -0.3 is 15.1 Å². The maximum atomic E-state index is 12.7. The highest BCUT2D eigenvalue weighted by Gasteiger charge is 2.34. The first kappa shape index (κ1) is 16.3. The van der Waals surface area contributed by atoms with E-state index < -0.39 is 9.84 Å². The Kier molecular flexibility index (Phi) is 4.59. The number of benzene rings is 1. The van der Waals surface area contributed by atoms with Crippen LogP contribution < -0.4 is 5.32 Å². The maximum absolute atomic E-state index is 12.7. The lowest BCUT2D eigenvalue weighted by molar-refractivity contribution is 0.107. The van der Waals surface area contributed by atoms with E-state index in [2.05, 4.69) is 17.3 Å². The smallest absolute Gasteiger partial charge is 0.318 e. The minimum absolute atomic E-state index is 0.00652. The Hall–Kier alpha value is -1.60. The number of piperazine rings is 1. The molecule has 2 heterocycles. The highest BCUT2D eigenvalue weighted by Crippen LogP contribution is 2.25. The number of nitrogens with zero attached hydrogens (tertiary/aromatic N) is 2. The van der Waals surface area contributed by atoms with Crippen molar-refractivity contribution in [1.29, 1.82) is 0 Å². The summed E-state index contributed by atoms with van der Waals surface area (Å²) in [5, 5.41) is 2.91. The van der Waals surface area contributed by atoms with Gasteiger partial charge in [0.05, 0.1) is 17.5 Å². The summed E-state index contributed by atoms with van der Waals surface area (Å²) in [6, 6.07) is 9.55. The van der Waals surface area contributed by atoms with E-state index in [0.717, 1.165) is 18.7 Å². The fourth-order valence-electron chi connectivity index (χ4n) is 3.29. The van der Waals surface area contributed by atoms with Gasteiger partial charge in [0, 0.05) is 25.7 Å². The number of sulfone groups is 1. The Morgan fingerprint density at radius 2 is 1.96 bits per heavy atom. The number of rotatable bonds is 2. The fraction of sp³-hybridized carbons (Fsp3) is 0.562. The van der Waals surface area contributed by atoms with Gasteiger partial charge in [-0.15, -0.1) is 0 Å². The van der Waals surface area contributed by atoms with Gasteiger partial charge >= 0.3 is 6.03 Å². The van der Waals surface area contributed by atoms with Crippen LogP contribution in [0.25, 0.3) is 0 Å². The number of hydrogen-bond donors (Lipinski definition) is 1. The van der Waals surface area contributed by atoms with E-state index >= 15 is 0 Å². The molecule has 1 N–H and O–H groups in total. The second-order valence-corrected chi connectivity index (χ2v) is 8.66. The summed E-state index contributed by atoms with van der Waals surface area (Å²) < 4.78 is 23.1. The molecule has 2 saturated heterocycles. The molecule has 1 aromatic rings. The summed E-state index contributed by atoms with van der Waals surface area (Å²) in [4.78, 5) is 16.7. The van der Waals surface area contributed by atoms with Crippen molar-refractivity contribution >= 4 is 15.9 Å². The molecule has 23 heavy (non-hydrogen) atoms. The molecule has 0 unspecified atom stereocenters. The number of urea groups is 1. The summed E-state index contributed by atoms with van der Waals surface area (Å²) in [7, 11) is -0.937. The average molecular weight is 337 g/mol. The molecular formula is C16H23N3O3S. The SMILES string of the molecule is CN1CCN(C(=O)N[C@@H]2CCS(=O)(=O)C2)[C@H](c2ccccc2)C1. The Bertz CT molecular complexity index is 662. The predicted octanol–water partition coefficient (Wildman–Crippen LogP) is 0.872. The molecule has 0 aromatic heterocycles. The molecule has 0 radical (unpaired) electrons. The van der Waals surface area contributed by atoms with Gasteiger partial charge in [0.2, 0.25) is 0 Å². The number of carbonyl (C=O) groups is 1. The molecule has 2 aliphatic rings. The molecule has 7 heteroatoms. The number of hydrogen-bond acceptors (Lipinski definition) is 4. The van der Waals surface area contributed by atoms with Crippen molar-refractivity contribution < 1.29 is 13.2 Å². The van der Waals surface area contributed by atoms with E-state index in [4.69, 9.17) is 0 Å². The van der Waals surface area contributed by atoms with Gasteiger partial charge in [-0.05, 0) is 19.0 Å². The molecule has 6 nitrogen and oxygen atoms in total. The van der Waals surface area contributed by atoms with Gasteiger partial charge in [0.25, 0.3) is 0 Å². The zero-order valence-corrected chi connectivity index (χ0v) is 14.1. The Balaban J connectivity index is 1.72. The number of nitrogens with one attached hydrogen (secondary N) is 1. The van der Waals surface area contributed by atoms with Gasteiger partial charge in [0.15, 0.2) is 9.84 Å². The van der Waals surface area contributed by atoms with E-state index in [1.54, 1.807) is 0 Å². The third kappa shape index (κ3) is 3.84. The number of likely N-dealkylation sites (N-methyl/N-ethyl adjacent to an activating group) is 1. The van der Waals surface area contributed by atoms with Crippen LogP contribution in [0.3, 0.4) is 0 Å². The summed E-state index contributed by atoms with van der Waals surface area (Å²) >= 11 is 0. The molecule has 2 amide bonds. The monoisotopic (exact) mass is 337 g/mol. The third-order valence-corrected chi connectivity index (χ3v) is 6.36. The first-order valence-electron chi connectivity index (χ1n) is 7.96. The lowest BCUT2D eigenvalue weighted by Crippen LogP contribution is -2.54. The minimum Gasteiger partial charge on any atom is -0.334 e. The van der Waals surface area contributed by atoms with Crippen LogP contribution in [0, 0.1) is 0 Å². The summed E-state index contributed by atoms with van der Waals surface area (Å²) in [6.07, 6.45) is 0.512. The van der Waals surface area contributed by atoms with Gasteiger partial charge in [-0.3, -0.25) is 0 Å². The van der Waals surface area contributed by atoms with Crippen LogP contribution in [0.2, 0.25) is 0 Å². The zero-order valence-electron chi connectivity index (χ0n) is 13.3. The Morgan fingerprint density at radius 3 is 2.61 bits per heavy atom. The van der Waals surface area contributed by atoms with Gasteiger partial charge in [-0.25, -0.2) is 13.2 Å². The van der Waals surface area contributed by atoms with Crippen molar-refractivity contribution in [2.75, 3.05) is 38.2 Å². The largest absolute Gasteiger partial charge is 0.334 e. The summed E-state index contributed by atoms with van der Waals surface area (Å²) in [5.74, 6) is 0.227. The van der Waals surface area contributed by atoms with Crippen LogP contribution >= 0.6 is 0 Å². The molecule has 0 saturated carbocycles. The minimum atomic E-state index is -2.99. The van der Waals surface area contributed by atoms with Crippen molar-refractivity contribution in [2.24, 2.45) is 0 Å². The zero-order chi connectivity index (χ0) is 16.4. The predicted molar refractivity (Wildman–Crippen MR) is 89.0 cm³/mol. The maximum Gasteiger partial charge on any atom is 0.318 e. The summed E-state index contributed by atoms with van der Waals surface area (Å²) in [6.45, 7) is 2.24. The molecule has 126 valence electrons. The van der Waals surface area contributed by atoms with Crippen LogP contribution in [0.4, 0.5) is 4.79 Å². The van der Waals surface area contributed by atoms with Gasteiger partial charge in [0.1, 0.15) is 0 Å². The van der Waals surface area contributed by atoms with Crippen LogP contribution in [0.1, 0.15) is 18.0 Å². The molecule has 1 aromatic carbocycles. The lowest BCUT2D eigenvalue weighted by Gasteiger charge is -2.40. The van der Waals surface area contributed by atoms with Gasteiger partial charge in [-0.1, -0.05) is 30.3 Å². The van der Waals surface area contributed by atoms with E-state index in [0.29, 0.717) is 13.0 Å². The average Bonchev–Trinajstić information content (AvgIpc) is 2.86. The molecule has 0 aliphatic carbocycles. The van der Waals surface area contributed by atoms with Crippen LogP contribution in [-0.2, 0) is 9.84 Å². The Labute approximate surface area is 137 Å². The Morgan fingerprint density at radius 1 is 1.22 bits per heavy atom. The topological polar surface area (TPSA) is 69.7 Å². The van der Waals surface area contributed by atoms with Crippen LogP contribution in [0.5, 0.6) is 0 Å². The molecule has 2 atom stereocenters. The van der Waals surface area contributed by atoms with Crippen molar-refractivity contribution in [3.8, 4) is 0 Å². The van der Waals surface area contributed by atoms with E-state index in [1.807, 2.05) is 35.2 Å². The van der Waals surface area contributed by atoms with E-state index in [-0.39, 0.29) is 29.6 Å². The normalized spacial score (nSPS) is 27.8. The molecule has 3 rings (SSSR count). The molecule has 2 aliphatic heterocycles. The van der Waals surface area contributed by atoms with Crippen molar-refractivity contribution in [2.45, 2.75) is 18.5 Å². The number of carbonyl (C=O) groups excluding carboxylic acids is 1. The van der Waals surface area contributed by atoms with Crippen LogP contribution in [0.15, 0.2) is 30.3 Å². The van der Waals surface area contributed by atoms with Crippen molar-refractivity contribution in [1.82, 2.24) is 15.1 Å². The standard InChI is InChI=1S/C16H23N3O3S/c1-18-8-9-19(15(11-18)13-5-3-2-4-6-13)16(20)17-14-7-10-23(21,22)12-14/h2-6,14-15H,7-12H2,1H3,(H,17,20)/t14-,15+/m1/s1. The van der Waals surface area contributed by atoms with Crippen molar-refractivity contribution in [3.63, 3.8) is 0 Å². The van der Waals surface area contributed by atoms with Crippen LogP contribution in [-0.4, -0.2) is 68.5 Å². The van der Waals surface area contributed by atoms with Gasteiger partial charge in [-0.2, -0.15) is 0 Å². The quantitative estimate of drug-likeness (QED) is 0.869.